The Labute approximate surface area is 344 Å². The van der Waals surface area contributed by atoms with E-state index in [1.165, 1.54) is 42.5 Å². The molecule has 3 fully saturated rings. The van der Waals surface area contributed by atoms with Crippen molar-refractivity contribution in [3.05, 3.63) is 123 Å². The number of hydrogen-bond donors (Lipinski definition) is 2. The summed E-state index contributed by atoms with van der Waals surface area (Å²) in [4.78, 5) is 62.4. The number of aromatic hydroxyl groups is 1. The summed E-state index contributed by atoms with van der Waals surface area (Å²) >= 11 is 12.5. The lowest BCUT2D eigenvalue weighted by atomic mass is 9.49. The van der Waals surface area contributed by atoms with Crippen LogP contribution in [0.25, 0.3) is 0 Å². The molecule has 20 heteroatoms. The Hall–Kier alpha value is -5.88. The van der Waals surface area contributed by atoms with Crippen LogP contribution >= 0.6 is 23.2 Å². The third-order valence-corrected chi connectivity index (χ3v) is 12.0. The van der Waals surface area contributed by atoms with Crippen LogP contribution in [0.5, 0.6) is 11.5 Å². The number of phenolic OH excluding ortho intramolecular Hbond substituents is 1. The van der Waals surface area contributed by atoms with Gasteiger partial charge in [-0.1, -0.05) is 47.0 Å². The first-order valence-corrected chi connectivity index (χ1v) is 18.8. The van der Waals surface area contributed by atoms with Crippen LogP contribution in [0.4, 0.5) is 42.2 Å². The highest BCUT2D eigenvalue weighted by atomic mass is 35.5. The highest BCUT2D eigenvalue weighted by Gasteiger charge is 2.71. The standard InChI is InChI=1S/C40H28Cl2F7N5O6/c1-52(33-28(42)13-15-30(50-33)39(44,45)46)54-34(56)24-12-11-23-25(31(24)36(54)58)17-27-35(57)53(51-21-8-6-20(43)7-9-21)37(59)38(27,18-2-4-19(41)5-3-18)32(23)26-16-22(10-14-29(26)55)60-40(47,48)49/h2-11,13-16,24-25,27,31-32,51,55H,12,17H2,1H3. The minimum atomic E-state index is -5.20. The number of rotatable bonds is 7. The molecular weight excluding hydrogens is 850 g/mol. The van der Waals surface area contributed by atoms with E-state index < -0.39 is 100.0 Å². The molecule has 0 radical (unpaired) electrons. The third kappa shape index (κ3) is 6.56. The number of hydrogen-bond acceptors (Lipinski definition) is 9. The Bertz CT molecular complexity index is 2490. The Kier molecular flexibility index (Phi) is 9.81. The van der Waals surface area contributed by atoms with Crippen molar-refractivity contribution in [1.82, 2.24) is 15.0 Å². The molecule has 8 rings (SSSR count). The molecule has 4 aromatic rings. The molecule has 4 amide bonds. The van der Waals surface area contributed by atoms with E-state index >= 15 is 4.79 Å². The number of alkyl halides is 6. The van der Waals surface area contributed by atoms with Crippen molar-refractivity contribution in [2.75, 3.05) is 17.5 Å². The zero-order valence-corrected chi connectivity index (χ0v) is 32.1. The molecule has 1 saturated carbocycles. The molecule has 2 aliphatic carbocycles. The Morgan fingerprint density at radius 3 is 2.22 bits per heavy atom. The van der Waals surface area contributed by atoms with Crippen molar-refractivity contribution < 1.29 is 59.8 Å². The van der Waals surface area contributed by atoms with Crippen LogP contribution in [0, 0.1) is 29.5 Å². The average Bonchev–Trinajstić information content (AvgIpc) is 3.56. The second kappa shape index (κ2) is 14.4. The van der Waals surface area contributed by atoms with Gasteiger partial charge in [-0.25, -0.2) is 9.37 Å². The summed E-state index contributed by atoms with van der Waals surface area (Å²) in [5.74, 6) is -12.8. The van der Waals surface area contributed by atoms with Crippen LogP contribution in [0.15, 0.2) is 90.5 Å². The molecule has 3 heterocycles. The van der Waals surface area contributed by atoms with Gasteiger partial charge in [0.05, 0.1) is 33.9 Å². The predicted octanol–water partition coefficient (Wildman–Crippen LogP) is 8.19. The van der Waals surface area contributed by atoms with Crippen LogP contribution in [0.3, 0.4) is 0 Å². The largest absolute Gasteiger partial charge is 0.573 e. The summed E-state index contributed by atoms with van der Waals surface area (Å²) in [6.07, 6.45) is -9.13. The number of ether oxygens (including phenoxy) is 1. The SMILES string of the molecule is CN(c1nc(C(F)(F)F)ccc1Cl)N1C(=O)C2CC=C3C(CC4C(=O)N(Nc5ccc(F)cc5)C(=O)C4(c4ccc(Cl)cc4)C3c3cc(OC(F)(F)F)ccc3O)C2C1=O. The van der Waals surface area contributed by atoms with Gasteiger partial charge in [0.1, 0.15) is 23.0 Å². The first-order valence-electron chi connectivity index (χ1n) is 18.0. The van der Waals surface area contributed by atoms with Crippen molar-refractivity contribution in [3.8, 4) is 11.5 Å². The fourth-order valence-electron chi connectivity index (χ4n) is 9.15. The quantitative estimate of drug-likeness (QED) is 0.107. The minimum Gasteiger partial charge on any atom is -0.508 e. The predicted molar refractivity (Wildman–Crippen MR) is 198 cm³/mol. The number of fused-ring (bicyclic) bond motifs is 4. The van der Waals surface area contributed by atoms with Gasteiger partial charge in [0.15, 0.2) is 5.82 Å². The lowest BCUT2D eigenvalue weighted by Crippen LogP contribution is -2.53. The van der Waals surface area contributed by atoms with Crippen LogP contribution < -0.4 is 15.2 Å². The van der Waals surface area contributed by atoms with Gasteiger partial charge < -0.3 is 9.84 Å². The van der Waals surface area contributed by atoms with Gasteiger partial charge in [-0.2, -0.15) is 23.2 Å². The maximum absolute atomic E-state index is 15.3. The fourth-order valence-corrected chi connectivity index (χ4v) is 9.50. The first kappa shape index (κ1) is 40.9. The average molecular weight is 879 g/mol. The number of pyridine rings is 1. The van der Waals surface area contributed by atoms with E-state index in [0.717, 1.165) is 48.5 Å². The Morgan fingerprint density at radius 2 is 1.57 bits per heavy atom. The van der Waals surface area contributed by atoms with Gasteiger partial charge in [-0.3, -0.25) is 29.6 Å². The molecule has 3 aromatic carbocycles. The van der Waals surface area contributed by atoms with Crippen molar-refractivity contribution in [1.29, 1.82) is 0 Å². The van der Waals surface area contributed by atoms with Gasteiger partial charge in [-0.15, -0.1) is 13.2 Å². The van der Waals surface area contributed by atoms with Gasteiger partial charge in [0.2, 0.25) is 0 Å². The lowest BCUT2D eigenvalue weighted by Gasteiger charge is -2.50. The van der Waals surface area contributed by atoms with E-state index in [-0.39, 0.29) is 45.3 Å². The first-order chi connectivity index (χ1) is 28.2. The monoisotopic (exact) mass is 877 g/mol. The van der Waals surface area contributed by atoms with E-state index in [9.17, 15) is 50.2 Å². The number of amides is 4. The zero-order valence-electron chi connectivity index (χ0n) is 30.6. The topological polar surface area (TPSA) is 132 Å². The van der Waals surface area contributed by atoms with E-state index in [2.05, 4.69) is 15.1 Å². The van der Waals surface area contributed by atoms with Crippen LogP contribution in [-0.2, 0) is 30.8 Å². The summed E-state index contributed by atoms with van der Waals surface area (Å²) in [7, 11) is 1.12. The Balaban J connectivity index is 1.31. The maximum atomic E-state index is 15.3. The number of halogens is 9. The van der Waals surface area contributed by atoms with Gasteiger partial charge in [-0.05, 0) is 91.1 Å². The van der Waals surface area contributed by atoms with E-state index in [0.29, 0.717) is 16.1 Å². The molecule has 2 N–H and O–H groups in total. The molecule has 4 aliphatic rings. The number of hydrazine groups is 2. The normalized spacial score (nSPS) is 25.2. The molecular formula is C40H28Cl2F7N5O6. The van der Waals surface area contributed by atoms with E-state index in [1.54, 1.807) is 0 Å². The van der Waals surface area contributed by atoms with Crippen molar-refractivity contribution >= 4 is 58.3 Å². The lowest BCUT2D eigenvalue weighted by molar-refractivity contribution is -0.274. The summed E-state index contributed by atoms with van der Waals surface area (Å²) < 4.78 is 100. The molecule has 0 bridgehead atoms. The molecule has 6 unspecified atom stereocenters. The van der Waals surface area contributed by atoms with Gasteiger partial charge in [0.25, 0.3) is 23.6 Å². The number of carbonyl (C=O) groups excluding carboxylic acids is 4. The molecule has 11 nitrogen and oxygen atoms in total. The summed E-state index contributed by atoms with van der Waals surface area (Å²) in [5, 5.41) is 13.5. The molecule has 2 saturated heterocycles. The second-order valence-electron chi connectivity index (χ2n) is 14.7. The summed E-state index contributed by atoms with van der Waals surface area (Å²) in [6, 6.07) is 14.5. The maximum Gasteiger partial charge on any atom is 0.573 e. The molecule has 0 spiro atoms. The highest BCUT2D eigenvalue weighted by molar-refractivity contribution is 6.33. The highest BCUT2D eigenvalue weighted by Crippen LogP contribution is 2.65. The number of nitrogens with one attached hydrogen (secondary N) is 1. The smallest absolute Gasteiger partial charge is 0.508 e. The van der Waals surface area contributed by atoms with Crippen molar-refractivity contribution in [2.45, 2.75) is 36.7 Å². The number of nitrogens with zero attached hydrogens (tertiary/aromatic N) is 4. The number of phenols is 1. The van der Waals surface area contributed by atoms with Gasteiger partial charge >= 0.3 is 12.5 Å². The molecule has 312 valence electrons. The van der Waals surface area contributed by atoms with Crippen molar-refractivity contribution in [3.63, 3.8) is 0 Å². The minimum absolute atomic E-state index is 0.0942. The molecule has 6 atom stereocenters. The number of allylic oxidation sites excluding steroid dienone is 2. The van der Waals surface area contributed by atoms with E-state index in [1.807, 2.05) is 0 Å². The Morgan fingerprint density at radius 1 is 0.883 bits per heavy atom. The molecule has 2 aliphatic heterocycles. The number of aromatic nitrogens is 1. The number of carbonyl (C=O) groups is 4. The number of benzene rings is 3. The van der Waals surface area contributed by atoms with E-state index in [4.69, 9.17) is 23.2 Å². The number of anilines is 2. The molecule has 60 heavy (non-hydrogen) atoms. The third-order valence-electron chi connectivity index (χ3n) is 11.5. The summed E-state index contributed by atoms with van der Waals surface area (Å²) in [5.41, 5.74) is -0.595. The number of imide groups is 2. The fraction of sp³-hybridized carbons (Fsp3) is 0.275. The van der Waals surface area contributed by atoms with Gasteiger partial charge in [0, 0.05) is 23.6 Å². The van der Waals surface area contributed by atoms with Crippen LogP contribution in [0.1, 0.15) is 35.6 Å². The molecule has 1 aromatic heterocycles. The summed E-state index contributed by atoms with van der Waals surface area (Å²) in [6.45, 7) is 0. The zero-order chi connectivity index (χ0) is 43.2. The second-order valence-corrected chi connectivity index (χ2v) is 15.5. The van der Waals surface area contributed by atoms with Crippen molar-refractivity contribution in [2.24, 2.45) is 23.7 Å². The van der Waals surface area contributed by atoms with Crippen LogP contribution in [-0.4, -0.2) is 57.1 Å². The van der Waals surface area contributed by atoms with Crippen LogP contribution in [0.2, 0.25) is 10.0 Å².